The van der Waals surface area contributed by atoms with E-state index in [-0.39, 0.29) is 12.6 Å². The molecule has 2 rings (SSSR count). The molecule has 1 atom stereocenters. The minimum Gasteiger partial charge on any atom is -0.494 e. The van der Waals surface area contributed by atoms with E-state index in [2.05, 4.69) is 10.6 Å². The van der Waals surface area contributed by atoms with E-state index in [1.54, 1.807) is 7.11 Å². The Morgan fingerprint density at radius 1 is 1.25 bits per heavy atom. The van der Waals surface area contributed by atoms with Crippen LogP contribution in [-0.4, -0.2) is 38.0 Å². The third-order valence-corrected chi connectivity index (χ3v) is 3.75. The number of esters is 1. The summed E-state index contributed by atoms with van der Waals surface area (Å²) in [7, 11) is 1.56. The second-order valence-electron chi connectivity index (χ2n) is 5.20. The molecule has 6 nitrogen and oxygen atoms in total. The minimum atomic E-state index is -0.397. The fraction of sp³-hybridized carbons (Fsp3) is 0.412. The Labute approximate surface area is 147 Å². The molecule has 0 fully saturated rings. The summed E-state index contributed by atoms with van der Waals surface area (Å²) < 4.78 is 15.6. The number of ether oxygens (including phenoxy) is 3. The van der Waals surface area contributed by atoms with Gasteiger partial charge in [-0.2, -0.15) is 0 Å². The average Bonchev–Trinajstić information content (AvgIpc) is 2.55. The molecule has 1 aromatic rings. The first kappa shape index (κ1) is 18.2. The normalized spacial score (nSPS) is 17.1. The molecular weight excluding hydrogens is 328 g/mol. The zero-order valence-corrected chi connectivity index (χ0v) is 14.9. The Morgan fingerprint density at radius 3 is 2.58 bits per heavy atom. The summed E-state index contributed by atoms with van der Waals surface area (Å²) in [6.45, 7) is 4.89. The molecule has 0 aliphatic carbocycles. The van der Waals surface area contributed by atoms with Gasteiger partial charge in [0.1, 0.15) is 12.4 Å². The molecular formula is C17H22N2O4S. The van der Waals surface area contributed by atoms with Crippen LogP contribution in [0, 0.1) is 0 Å². The van der Waals surface area contributed by atoms with Crippen LogP contribution in [-0.2, 0) is 14.3 Å². The Morgan fingerprint density at radius 2 is 1.96 bits per heavy atom. The smallest absolute Gasteiger partial charge is 0.338 e. The van der Waals surface area contributed by atoms with Crippen molar-refractivity contribution in [2.45, 2.75) is 19.9 Å². The van der Waals surface area contributed by atoms with Crippen molar-refractivity contribution in [2.75, 3.05) is 26.9 Å². The van der Waals surface area contributed by atoms with E-state index in [4.69, 9.17) is 26.4 Å². The van der Waals surface area contributed by atoms with E-state index < -0.39 is 5.97 Å². The van der Waals surface area contributed by atoms with Crippen LogP contribution in [0.15, 0.2) is 35.5 Å². The molecule has 1 aliphatic heterocycles. The van der Waals surface area contributed by atoms with Crippen molar-refractivity contribution in [3.05, 3.63) is 41.1 Å². The van der Waals surface area contributed by atoms with Crippen molar-refractivity contribution >= 4 is 23.3 Å². The van der Waals surface area contributed by atoms with Gasteiger partial charge in [0.2, 0.25) is 0 Å². The molecule has 1 heterocycles. The molecule has 1 aromatic carbocycles. The van der Waals surface area contributed by atoms with E-state index in [9.17, 15) is 4.79 Å². The number of hydrogen-bond donors (Lipinski definition) is 2. The van der Waals surface area contributed by atoms with Crippen molar-refractivity contribution in [1.29, 1.82) is 0 Å². The molecule has 1 aliphatic rings. The van der Waals surface area contributed by atoms with Crippen molar-refractivity contribution in [3.63, 3.8) is 0 Å². The van der Waals surface area contributed by atoms with Crippen LogP contribution in [0.2, 0.25) is 0 Å². The number of allylic oxidation sites excluding steroid dienone is 1. The molecule has 0 spiro atoms. The first-order chi connectivity index (χ1) is 11.6. The molecule has 0 unspecified atom stereocenters. The Balaban J connectivity index is 2.25. The third kappa shape index (κ3) is 4.46. The van der Waals surface area contributed by atoms with Gasteiger partial charge in [0, 0.05) is 12.8 Å². The van der Waals surface area contributed by atoms with E-state index in [1.807, 2.05) is 38.1 Å². The first-order valence-corrected chi connectivity index (χ1v) is 8.14. The fourth-order valence-corrected chi connectivity index (χ4v) is 2.70. The molecule has 130 valence electrons. The summed E-state index contributed by atoms with van der Waals surface area (Å²) >= 11 is 5.22. The Kier molecular flexibility index (Phi) is 6.57. The third-order valence-electron chi connectivity index (χ3n) is 3.53. The van der Waals surface area contributed by atoms with Crippen molar-refractivity contribution in [2.24, 2.45) is 0 Å². The summed E-state index contributed by atoms with van der Waals surface area (Å²) in [5.41, 5.74) is 2.09. The van der Waals surface area contributed by atoms with Crippen LogP contribution in [0.3, 0.4) is 0 Å². The molecule has 0 aromatic heterocycles. The van der Waals surface area contributed by atoms with E-state index in [0.717, 1.165) is 11.3 Å². The fourth-order valence-electron chi connectivity index (χ4n) is 2.43. The number of nitrogens with one attached hydrogen (secondary N) is 2. The highest BCUT2D eigenvalue weighted by molar-refractivity contribution is 7.80. The lowest BCUT2D eigenvalue weighted by molar-refractivity contribution is -0.140. The van der Waals surface area contributed by atoms with Crippen LogP contribution in [0.25, 0.3) is 0 Å². The zero-order valence-electron chi connectivity index (χ0n) is 14.0. The molecule has 0 bridgehead atoms. The lowest BCUT2D eigenvalue weighted by atomic mass is 9.95. The van der Waals surface area contributed by atoms with E-state index in [1.165, 1.54) is 0 Å². The summed E-state index contributed by atoms with van der Waals surface area (Å²) in [5, 5.41) is 6.57. The number of methoxy groups -OCH3 is 1. The average molecular weight is 350 g/mol. The first-order valence-electron chi connectivity index (χ1n) is 7.74. The zero-order chi connectivity index (χ0) is 17.5. The predicted octanol–water partition coefficient (Wildman–Crippen LogP) is 2.07. The number of carbonyl (C=O) groups is 1. The van der Waals surface area contributed by atoms with Crippen LogP contribution in [0.1, 0.15) is 25.5 Å². The summed E-state index contributed by atoms with van der Waals surface area (Å²) in [6.07, 6.45) is 0. The van der Waals surface area contributed by atoms with Gasteiger partial charge in [0.25, 0.3) is 0 Å². The highest BCUT2D eigenvalue weighted by Crippen LogP contribution is 2.28. The van der Waals surface area contributed by atoms with E-state index in [0.29, 0.717) is 29.6 Å². The number of benzene rings is 1. The Bertz CT molecular complexity index is 628. The maximum atomic E-state index is 12.5. The van der Waals surface area contributed by atoms with Crippen LogP contribution >= 0.6 is 12.2 Å². The van der Waals surface area contributed by atoms with Gasteiger partial charge in [-0.15, -0.1) is 0 Å². The van der Waals surface area contributed by atoms with E-state index >= 15 is 0 Å². The van der Waals surface area contributed by atoms with Gasteiger partial charge < -0.3 is 24.8 Å². The van der Waals surface area contributed by atoms with Crippen LogP contribution in [0.5, 0.6) is 5.75 Å². The summed E-state index contributed by atoms with van der Waals surface area (Å²) in [5.74, 6) is 0.383. The quantitative estimate of drug-likeness (QED) is 0.443. The highest BCUT2D eigenvalue weighted by Gasteiger charge is 2.30. The molecule has 0 saturated carbocycles. The van der Waals surface area contributed by atoms with Gasteiger partial charge >= 0.3 is 5.97 Å². The topological polar surface area (TPSA) is 68.8 Å². The van der Waals surface area contributed by atoms with Crippen molar-refractivity contribution < 1.29 is 19.0 Å². The molecule has 7 heteroatoms. The summed E-state index contributed by atoms with van der Waals surface area (Å²) in [4.78, 5) is 12.5. The molecule has 0 radical (unpaired) electrons. The maximum Gasteiger partial charge on any atom is 0.338 e. The van der Waals surface area contributed by atoms with Gasteiger partial charge in [-0.25, -0.2) is 4.79 Å². The molecule has 0 saturated heterocycles. The number of carbonyl (C=O) groups excluding carboxylic acids is 1. The van der Waals surface area contributed by atoms with Gasteiger partial charge in [-0.05, 0) is 43.8 Å². The highest BCUT2D eigenvalue weighted by atomic mass is 32.1. The molecule has 2 N–H and O–H groups in total. The second-order valence-corrected chi connectivity index (χ2v) is 5.61. The minimum absolute atomic E-state index is 0.201. The van der Waals surface area contributed by atoms with Gasteiger partial charge in [-0.1, -0.05) is 12.1 Å². The number of thiocarbonyl (C=S) groups is 1. The number of hydrogen-bond acceptors (Lipinski definition) is 5. The number of rotatable bonds is 7. The Hall–Kier alpha value is -2.12. The maximum absolute atomic E-state index is 12.5. The van der Waals surface area contributed by atoms with Gasteiger partial charge in [0.15, 0.2) is 5.11 Å². The second kappa shape index (κ2) is 8.65. The molecule has 0 amide bonds. The van der Waals surface area contributed by atoms with Gasteiger partial charge in [0.05, 0.1) is 24.8 Å². The van der Waals surface area contributed by atoms with Gasteiger partial charge in [-0.3, -0.25) is 0 Å². The summed E-state index contributed by atoms with van der Waals surface area (Å²) in [6, 6.07) is 7.19. The molecule has 24 heavy (non-hydrogen) atoms. The van der Waals surface area contributed by atoms with Crippen LogP contribution < -0.4 is 15.4 Å². The lowest BCUT2D eigenvalue weighted by Gasteiger charge is -2.30. The largest absolute Gasteiger partial charge is 0.494 e. The monoisotopic (exact) mass is 350 g/mol. The standard InChI is InChI=1S/C17H22N2O4S/c1-4-22-13-7-5-12(6-8-13)15-14(11(2)18-17(24)19-15)16(20)23-10-9-21-3/h5-8,15H,4,9-10H2,1-3H3,(H2,18,19,24)/t15-/m1/s1. The van der Waals surface area contributed by atoms with Crippen molar-refractivity contribution in [1.82, 2.24) is 10.6 Å². The predicted molar refractivity (Wildman–Crippen MR) is 94.8 cm³/mol. The SMILES string of the molecule is CCOc1ccc([C@H]2NC(=S)NC(C)=C2C(=O)OCCOC)cc1. The van der Waals surface area contributed by atoms with Crippen molar-refractivity contribution in [3.8, 4) is 5.75 Å². The van der Waals surface area contributed by atoms with Crippen LogP contribution in [0.4, 0.5) is 0 Å². The lowest BCUT2D eigenvalue weighted by Crippen LogP contribution is -2.45.